The van der Waals surface area contributed by atoms with Crippen LogP contribution >= 0.6 is 11.6 Å². The second kappa shape index (κ2) is 6.87. The summed E-state index contributed by atoms with van der Waals surface area (Å²) in [4.78, 5) is 6.45. The van der Waals surface area contributed by atoms with E-state index in [2.05, 4.69) is 9.88 Å². The van der Waals surface area contributed by atoms with E-state index in [1.807, 2.05) is 24.3 Å². The molecule has 0 amide bonds. The molecule has 0 radical (unpaired) electrons. The Morgan fingerprint density at radius 2 is 1.75 bits per heavy atom. The molecule has 6 heteroatoms. The van der Waals surface area contributed by atoms with Crippen LogP contribution in [0, 0.1) is 0 Å². The normalized spacial score (nSPS) is 16.8. The first-order valence-electron chi connectivity index (χ1n) is 7.87. The first-order chi connectivity index (χ1) is 11.6. The number of pyridine rings is 1. The van der Waals surface area contributed by atoms with E-state index in [1.165, 1.54) is 0 Å². The standard InChI is InChI=1S/C18H21ClN2O3/c1-23-14-10-13(11-15(12-14)24-2)18(22)5-8-21(9-6-18)17-16(19)4-3-7-20-17/h3-4,7,10-12,22H,5-6,8-9H2,1-2H3. The molecule has 0 aliphatic carbocycles. The van der Waals surface area contributed by atoms with Crippen molar-refractivity contribution in [1.29, 1.82) is 0 Å². The Morgan fingerprint density at radius 3 is 2.29 bits per heavy atom. The average molecular weight is 349 g/mol. The van der Waals surface area contributed by atoms with Gasteiger partial charge < -0.3 is 19.5 Å². The quantitative estimate of drug-likeness (QED) is 0.919. The maximum absolute atomic E-state index is 11.1. The molecular formula is C18H21ClN2O3. The van der Waals surface area contributed by atoms with Crippen molar-refractivity contribution in [2.45, 2.75) is 18.4 Å². The molecule has 1 aliphatic rings. The molecule has 1 aromatic carbocycles. The molecule has 1 aliphatic heterocycles. The summed E-state index contributed by atoms with van der Waals surface area (Å²) in [5.74, 6) is 2.12. The zero-order valence-corrected chi connectivity index (χ0v) is 14.6. The highest BCUT2D eigenvalue weighted by Crippen LogP contribution is 2.38. The summed E-state index contributed by atoms with van der Waals surface area (Å²) < 4.78 is 10.6. The first kappa shape index (κ1) is 16.9. The summed E-state index contributed by atoms with van der Waals surface area (Å²) in [6, 6.07) is 9.18. The zero-order chi connectivity index (χ0) is 17.2. The molecule has 1 aromatic heterocycles. The van der Waals surface area contributed by atoms with Crippen LogP contribution in [0.2, 0.25) is 5.02 Å². The fourth-order valence-corrected chi connectivity index (χ4v) is 3.30. The number of aromatic nitrogens is 1. The third-order valence-corrected chi connectivity index (χ3v) is 4.81. The van der Waals surface area contributed by atoms with Crippen molar-refractivity contribution in [3.63, 3.8) is 0 Å². The SMILES string of the molecule is COc1cc(OC)cc(C2(O)CCN(c3ncccc3Cl)CC2)c1. The topological polar surface area (TPSA) is 54.8 Å². The number of aliphatic hydroxyl groups is 1. The maximum Gasteiger partial charge on any atom is 0.147 e. The number of piperidine rings is 1. The van der Waals surface area contributed by atoms with Gasteiger partial charge in [0.25, 0.3) is 0 Å². The van der Waals surface area contributed by atoms with Crippen molar-refractivity contribution in [3.05, 3.63) is 47.1 Å². The molecule has 0 atom stereocenters. The van der Waals surface area contributed by atoms with E-state index in [9.17, 15) is 5.11 Å². The molecule has 128 valence electrons. The van der Waals surface area contributed by atoms with Gasteiger partial charge in [-0.1, -0.05) is 11.6 Å². The van der Waals surface area contributed by atoms with E-state index in [-0.39, 0.29) is 0 Å². The lowest BCUT2D eigenvalue weighted by atomic mass is 9.84. The van der Waals surface area contributed by atoms with Crippen molar-refractivity contribution in [3.8, 4) is 11.5 Å². The van der Waals surface area contributed by atoms with Gasteiger partial charge in [0.15, 0.2) is 0 Å². The van der Waals surface area contributed by atoms with Crippen LogP contribution in [0.5, 0.6) is 11.5 Å². The lowest BCUT2D eigenvalue weighted by molar-refractivity contribution is 0.0113. The number of hydrogen-bond donors (Lipinski definition) is 1. The number of methoxy groups -OCH3 is 2. The summed E-state index contributed by atoms with van der Waals surface area (Å²) in [5, 5.41) is 11.8. The Kier molecular flexibility index (Phi) is 4.83. The van der Waals surface area contributed by atoms with Gasteiger partial charge in [-0.2, -0.15) is 0 Å². The molecule has 3 rings (SSSR count). The van der Waals surface area contributed by atoms with Gasteiger partial charge in [-0.3, -0.25) is 0 Å². The molecule has 0 bridgehead atoms. The van der Waals surface area contributed by atoms with Crippen LogP contribution in [-0.2, 0) is 5.60 Å². The minimum atomic E-state index is -0.917. The fraction of sp³-hybridized carbons (Fsp3) is 0.389. The van der Waals surface area contributed by atoms with Gasteiger partial charge in [0.1, 0.15) is 17.3 Å². The number of nitrogens with zero attached hydrogens (tertiary/aromatic N) is 2. The maximum atomic E-state index is 11.1. The third kappa shape index (κ3) is 3.28. The van der Waals surface area contributed by atoms with E-state index in [0.29, 0.717) is 42.5 Å². The Balaban J connectivity index is 1.81. The monoisotopic (exact) mass is 348 g/mol. The molecule has 0 unspecified atom stereocenters. The molecule has 0 spiro atoms. The molecule has 1 saturated heterocycles. The Labute approximate surface area is 146 Å². The molecule has 2 heterocycles. The van der Waals surface area contributed by atoms with Crippen molar-refractivity contribution in [1.82, 2.24) is 4.98 Å². The second-order valence-electron chi connectivity index (χ2n) is 5.93. The van der Waals surface area contributed by atoms with Crippen LogP contribution in [-0.4, -0.2) is 37.4 Å². The highest BCUT2D eigenvalue weighted by atomic mass is 35.5. The Hall–Kier alpha value is -1.98. The molecule has 24 heavy (non-hydrogen) atoms. The smallest absolute Gasteiger partial charge is 0.147 e. The summed E-state index contributed by atoms with van der Waals surface area (Å²) in [6.45, 7) is 1.35. The molecule has 1 N–H and O–H groups in total. The van der Waals surface area contributed by atoms with E-state index in [4.69, 9.17) is 21.1 Å². The lowest BCUT2D eigenvalue weighted by Gasteiger charge is -2.39. The molecule has 0 saturated carbocycles. The number of rotatable bonds is 4. The van der Waals surface area contributed by atoms with Gasteiger partial charge in [-0.15, -0.1) is 0 Å². The van der Waals surface area contributed by atoms with Crippen LogP contribution in [0.25, 0.3) is 0 Å². The van der Waals surface area contributed by atoms with Crippen molar-refractivity contribution in [2.24, 2.45) is 0 Å². The predicted molar refractivity (Wildman–Crippen MR) is 94.1 cm³/mol. The van der Waals surface area contributed by atoms with Gasteiger partial charge in [0, 0.05) is 25.4 Å². The predicted octanol–water partition coefficient (Wildman–Crippen LogP) is 3.24. The summed E-state index contributed by atoms with van der Waals surface area (Å²) >= 11 is 6.23. The highest BCUT2D eigenvalue weighted by Gasteiger charge is 2.35. The van der Waals surface area contributed by atoms with Gasteiger partial charge in [-0.25, -0.2) is 4.98 Å². The van der Waals surface area contributed by atoms with Crippen LogP contribution in [0.3, 0.4) is 0 Å². The van der Waals surface area contributed by atoms with Gasteiger partial charge in [0.05, 0.1) is 24.8 Å². The summed E-state index contributed by atoms with van der Waals surface area (Å²) in [6.07, 6.45) is 2.89. The van der Waals surface area contributed by atoms with E-state index < -0.39 is 5.60 Å². The van der Waals surface area contributed by atoms with Gasteiger partial charge in [-0.05, 0) is 42.7 Å². The van der Waals surface area contributed by atoms with Crippen LogP contribution in [0.4, 0.5) is 5.82 Å². The molecular weight excluding hydrogens is 328 g/mol. The average Bonchev–Trinajstić information content (AvgIpc) is 2.62. The summed E-state index contributed by atoms with van der Waals surface area (Å²) in [5.41, 5.74) is -0.106. The van der Waals surface area contributed by atoms with Gasteiger partial charge >= 0.3 is 0 Å². The second-order valence-corrected chi connectivity index (χ2v) is 6.34. The third-order valence-electron chi connectivity index (χ3n) is 4.52. The van der Waals surface area contributed by atoms with E-state index in [1.54, 1.807) is 26.5 Å². The first-order valence-corrected chi connectivity index (χ1v) is 8.25. The highest BCUT2D eigenvalue weighted by molar-refractivity contribution is 6.32. The molecule has 2 aromatic rings. The minimum absolute atomic E-state index is 0.580. The minimum Gasteiger partial charge on any atom is -0.497 e. The number of hydrogen-bond acceptors (Lipinski definition) is 5. The Bertz CT molecular complexity index is 693. The Morgan fingerprint density at radius 1 is 1.12 bits per heavy atom. The summed E-state index contributed by atoms with van der Waals surface area (Å²) in [7, 11) is 3.21. The van der Waals surface area contributed by atoms with Crippen molar-refractivity contribution in [2.75, 3.05) is 32.2 Å². The molecule has 1 fully saturated rings. The molecule has 5 nitrogen and oxygen atoms in total. The number of ether oxygens (including phenoxy) is 2. The number of benzene rings is 1. The van der Waals surface area contributed by atoms with E-state index >= 15 is 0 Å². The van der Waals surface area contributed by atoms with Crippen molar-refractivity contribution < 1.29 is 14.6 Å². The van der Waals surface area contributed by atoms with E-state index in [0.717, 1.165) is 11.4 Å². The largest absolute Gasteiger partial charge is 0.497 e. The van der Waals surface area contributed by atoms with Crippen LogP contribution in [0.1, 0.15) is 18.4 Å². The lowest BCUT2D eigenvalue weighted by Crippen LogP contribution is -2.43. The van der Waals surface area contributed by atoms with Crippen LogP contribution in [0.15, 0.2) is 36.5 Å². The number of halogens is 1. The zero-order valence-electron chi connectivity index (χ0n) is 13.8. The van der Waals surface area contributed by atoms with Gasteiger partial charge in [0.2, 0.25) is 0 Å². The van der Waals surface area contributed by atoms with Crippen LogP contribution < -0.4 is 14.4 Å². The van der Waals surface area contributed by atoms with Crippen molar-refractivity contribution >= 4 is 17.4 Å². The number of anilines is 1. The fourth-order valence-electron chi connectivity index (χ4n) is 3.06.